The Morgan fingerprint density at radius 2 is 2.30 bits per heavy atom. The maximum atomic E-state index is 12.4. The van der Waals surface area contributed by atoms with Crippen LogP contribution in [0.3, 0.4) is 0 Å². The van der Waals surface area contributed by atoms with E-state index in [1.165, 1.54) is 25.3 Å². The van der Waals surface area contributed by atoms with Gasteiger partial charge in [-0.3, -0.25) is 14.9 Å². The summed E-state index contributed by atoms with van der Waals surface area (Å²) < 4.78 is 10.2. The summed E-state index contributed by atoms with van der Waals surface area (Å²) in [6, 6.07) is 4.19. The van der Waals surface area contributed by atoms with E-state index in [0.29, 0.717) is 19.8 Å². The van der Waals surface area contributed by atoms with E-state index >= 15 is 0 Å². The van der Waals surface area contributed by atoms with Crippen molar-refractivity contribution >= 4 is 11.6 Å². The smallest absolute Gasteiger partial charge is 0.311 e. The predicted molar refractivity (Wildman–Crippen MR) is 71.0 cm³/mol. The second-order valence-electron chi connectivity index (χ2n) is 4.57. The molecule has 1 heterocycles. The van der Waals surface area contributed by atoms with Crippen LogP contribution in [0.1, 0.15) is 17.3 Å². The number of nitro groups is 1. The third-order valence-corrected chi connectivity index (χ3v) is 3.25. The number of carbonyl (C=O) groups is 1. The zero-order valence-electron chi connectivity index (χ0n) is 11.4. The molecule has 0 N–H and O–H groups in total. The molecule has 0 spiro atoms. The van der Waals surface area contributed by atoms with Crippen LogP contribution < -0.4 is 4.74 Å². The van der Waals surface area contributed by atoms with E-state index in [4.69, 9.17) is 9.47 Å². The van der Waals surface area contributed by atoms with E-state index in [1.807, 2.05) is 6.92 Å². The molecule has 1 aromatic carbocycles. The van der Waals surface area contributed by atoms with Crippen LogP contribution in [0.25, 0.3) is 0 Å². The summed E-state index contributed by atoms with van der Waals surface area (Å²) in [5, 5.41) is 11.0. The van der Waals surface area contributed by atoms with Gasteiger partial charge in [0.2, 0.25) is 0 Å². The van der Waals surface area contributed by atoms with Crippen molar-refractivity contribution in [2.75, 3.05) is 26.9 Å². The van der Waals surface area contributed by atoms with Crippen LogP contribution in [0.2, 0.25) is 0 Å². The molecule has 1 amide bonds. The van der Waals surface area contributed by atoms with Crippen LogP contribution >= 0.6 is 0 Å². The molecule has 1 atom stereocenters. The molecule has 108 valence electrons. The van der Waals surface area contributed by atoms with Crippen LogP contribution in [0.5, 0.6) is 5.75 Å². The van der Waals surface area contributed by atoms with Crippen molar-refractivity contribution in [3.63, 3.8) is 0 Å². The van der Waals surface area contributed by atoms with Gasteiger partial charge in [0, 0.05) is 18.2 Å². The molecule has 7 nitrogen and oxygen atoms in total. The Morgan fingerprint density at radius 3 is 2.90 bits per heavy atom. The number of hydrogen-bond acceptors (Lipinski definition) is 5. The van der Waals surface area contributed by atoms with E-state index in [1.54, 1.807) is 4.90 Å². The average Bonchev–Trinajstić information content (AvgIpc) is 2.46. The molecule has 1 saturated heterocycles. The number of rotatable bonds is 3. The number of ether oxygens (including phenoxy) is 2. The minimum Gasteiger partial charge on any atom is -0.490 e. The first-order valence-electron chi connectivity index (χ1n) is 6.25. The molecular formula is C13H16N2O5. The summed E-state index contributed by atoms with van der Waals surface area (Å²) in [5.74, 6) is -0.0897. The van der Waals surface area contributed by atoms with Crippen LogP contribution in [0, 0.1) is 10.1 Å². The van der Waals surface area contributed by atoms with Gasteiger partial charge in [0.25, 0.3) is 5.91 Å². The summed E-state index contributed by atoms with van der Waals surface area (Å²) in [6.07, 6.45) is 0. The van der Waals surface area contributed by atoms with E-state index in [2.05, 4.69) is 0 Å². The highest BCUT2D eigenvalue weighted by atomic mass is 16.6. The molecule has 0 aromatic heterocycles. The zero-order valence-corrected chi connectivity index (χ0v) is 11.4. The highest BCUT2D eigenvalue weighted by molar-refractivity contribution is 5.95. The van der Waals surface area contributed by atoms with Gasteiger partial charge in [0.05, 0.1) is 31.3 Å². The Bertz CT molecular complexity index is 531. The fraction of sp³-hybridized carbons (Fsp3) is 0.462. The molecule has 20 heavy (non-hydrogen) atoms. The maximum Gasteiger partial charge on any atom is 0.311 e. The topological polar surface area (TPSA) is 81.9 Å². The third kappa shape index (κ3) is 2.72. The quantitative estimate of drug-likeness (QED) is 0.618. The SMILES string of the molecule is COc1ccc(C(=O)N2CCOCC2C)cc1[N+](=O)[O-]. The minimum atomic E-state index is -0.557. The average molecular weight is 280 g/mol. The van der Waals surface area contributed by atoms with Gasteiger partial charge in [-0.2, -0.15) is 0 Å². The molecular weight excluding hydrogens is 264 g/mol. The molecule has 0 saturated carbocycles. The Morgan fingerprint density at radius 1 is 1.55 bits per heavy atom. The maximum absolute atomic E-state index is 12.4. The lowest BCUT2D eigenvalue weighted by Crippen LogP contribution is -2.47. The van der Waals surface area contributed by atoms with Crippen LogP contribution in [-0.4, -0.2) is 48.6 Å². The number of nitro benzene ring substituents is 1. The highest BCUT2D eigenvalue weighted by Gasteiger charge is 2.26. The van der Waals surface area contributed by atoms with Gasteiger partial charge in [-0.25, -0.2) is 0 Å². The van der Waals surface area contributed by atoms with Gasteiger partial charge in [0.15, 0.2) is 5.75 Å². The third-order valence-electron chi connectivity index (χ3n) is 3.25. The molecule has 0 radical (unpaired) electrons. The first-order valence-corrected chi connectivity index (χ1v) is 6.25. The predicted octanol–water partition coefficient (Wildman–Crippen LogP) is 1.46. The van der Waals surface area contributed by atoms with Gasteiger partial charge in [0.1, 0.15) is 0 Å². The van der Waals surface area contributed by atoms with Crippen LogP contribution in [0.15, 0.2) is 18.2 Å². The second kappa shape index (κ2) is 5.87. The monoisotopic (exact) mass is 280 g/mol. The molecule has 1 aliphatic heterocycles. The van der Waals surface area contributed by atoms with Crippen molar-refractivity contribution in [3.05, 3.63) is 33.9 Å². The number of hydrogen-bond donors (Lipinski definition) is 0. The lowest BCUT2D eigenvalue weighted by molar-refractivity contribution is -0.385. The Kier molecular flexibility index (Phi) is 4.19. The lowest BCUT2D eigenvalue weighted by Gasteiger charge is -2.33. The molecule has 1 fully saturated rings. The number of nitrogens with zero attached hydrogens (tertiary/aromatic N) is 2. The summed E-state index contributed by atoms with van der Waals surface area (Å²) in [5.41, 5.74) is 0.0745. The Labute approximate surface area is 116 Å². The standard InChI is InChI=1S/C13H16N2O5/c1-9-8-20-6-5-14(9)13(16)10-3-4-12(19-2)11(7-10)15(17)18/h3-4,7,9H,5-6,8H2,1-2H3. The Balaban J connectivity index is 2.30. The molecule has 1 unspecified atom stereocenters. The second-order valence-corrected chi connectivity index (χ2v) is 4.57. The molecule has 7 heteroatoms. The fourth-order valence-corrected chi connectivity index (χ4v) is 2.16. The number of morpholine rings is 1. The molecule has 1 aliphatic rings. The van der Waals surface area contributed by atoms with Crippen molar-refractivity contribution in [1.29, 1.82) is 0 Å². The van der Waals surface area contributed by atoms with Crippen LogP contribution in [-0.2, 0) is 4.74 Å². The molecule has 1 aromatic rings. The molecule has 0 bridgehead atoms. The summed E-state index contributed by atoms with van der Waals surface area (Å²) in [6.45, 7) is 3.33. The van der Waals surface area contributed by atoms with Gasteiger partial charge in [-0.1, -0.05) is 0 Å². The van der Waals surface area contributed by atoms with Crippen molar-refractivity contribution < 1.29 is 19.2 Å². The van der Waals surface area contributed by atoms with E-state index in [9.17, 15) is 14.9 Å². The van der Waals surface area contributed by atoms with Crippen molar-refractivity contribution in [3.8, 4) is 5.75 Å². The zero-order chi connectivity index (χ0) is 14.7. The Hall–Kier alpha value is -2.15. The number of amides is 1. The van der Waals surface area contributed by atoms with Gasteiger partial charge >= 0.3 is 5.69 Å². The summed E-state index contributed by atoms with van der Waals surface area (Å²) >= 11 is 0. The van der Waals surface area contributed by atoms with Gasteiger partial charge < -0.3 is 14.4 Å². The minimum absolute atomic E-state index is 0.0441. The van der Waals surface area contributed by atoms with Crippen LogP contribution in [0.4, 0.5) is 5.69 Å². The fourth-order valence-electron chi connectivity index (χ4n) is 2.16. The number of methoxy groups -OCH3 is 1. The van der Waals surface area contributed by atoms with Gasteiger partial charge in [-0.05, 0) is 19.1 Å². The molecule has 0 aliphatic carbocycles. The van der Waals surface area contributed by atoms with E-state index in [-0.39, 0.29) is 28.9 Å². The normalized spacial score (nSPS) is 18.7. The van der Waals surface area contributed by atoms with E-state index < -0.39 is 4.92 Å². The number of benzene rings is 1. The first kappa shape index (κ1) is 14.3. The summed E-state index contributed by atoms with van der Waals surface area (Å²) in [7, 11) is 1.36. The molecule has 2 rings (SSSR count). The van der Waals surface area contributed by atoms with Gasteiger partial charge in [-0.15, -0.1) is 0 Å². The largest absolute Gasteiger partial charge is 0.490 e. The van der Waals surface area contributed by atoms with Crippen molar-refractivity contribution in [2.45, 2.75) is 13.0 Å². The van der Waals surface area contributed by atoms with E-state index in [0.717, 1.165) is 0 Å². The van der Waals surface area contributed by atoms with Crippen molar-refractivity contribution in [2.24, 2.45) is 0 Å². The number of carbonyl (C=O) groups excluding carboxylic acids is 1. The highest BCUT2D eigenvalue weighted by Crippen LogP contribution is 2.28. The first-order chi connectivity index (χ1) is 9.54. The summed E-state index contributed by atoms with van der Waals surface area (Å²) in [4.78, 5) is 24.5. The lowest BCUT2D eigenvalue weighted by atomic mass is 10.1. The van der Waals surface area contributed by atoms with Crippen molar-refractivity contribution in [1.82, 2.24) is 4.90 Å².